The van der Waals surface area contributed by atoms with Gasteiger partial charge >= 0.3 is 12.3 Å². The Morgan fingerprint density at radius 1 is 1.16 bits per heavy atom. The number of carbonyl (C=O) groups is 2. The van der Waals surface area contributed by atoms with E-state index in [4.69, 9.17) is 9.47 Å². The molecule has 0 aliphatic heterocycles. The first kappa shape index (κ1) is 15.2. The summed E-state index contributed by atoms with van der Waals surface area (Å²) >= 11 is 3.16. The molecule has 0 bridgehead atoms. The van der Waals surface area contributed by atoms with E-state index in [0.717, 1.165) is 0 Å². The van der Waals surface area contributed by atoms with Gasteiger partial charge in [-0.2, -0.15) is 0 Å². The molecule has 8 heteroatoms. The molecule has 0 aromatic carbocycles. The second kappa shape index (κ2) is 7.57. The molecule has 19 heavy (non-hydrogen) atoms. The number of nitrogens with zero attached hydrogens (tertiary/aromatic N) is 1. The van der Waals surface area contributed by atoms with Crippen LogP contribution in [-0.2, 0) is 9.47 Å². The lowest BCUT2D eigenvalue weighted by molar-refractivity contribution is 0.0925. The Labute approximate surface area is 117 Å². The zero-order valence-electron chi connectivity index (χ0n) is 10.3. The van der Waals surface area contributed by atoms with E-state index in [0.29, 0.717) is 4.47 Å². The quantitative estimate of drug-likeness (QED) is 0.783. The average Bonchev–Trinajstić information content (AvgIpc) is 2.33. The molecule has 0 unspecified atom stereocenters. The van der Waals surface area contributed by atoms with Crippen LogP contribution in [0.2, 0.25) is 0 Å². The van der Waals surface area contributed by atoms with Crippen molar-refractivity contribution in [3.63, 3.8) is 0 Å². The molecule has 0 atom stereocenters. The number of hydrogen-bond donors (Lipinski definition) is 0. The fraction of sp³-hybridized carbons (Fsp3) is 0.364. The molecule has 104 valence electrons. The van der Waals surface area contributed by atoms with E-state index >= 15 is 0 Å². The van der Waals surface area contributed by atoms with Crippen molar-refractivity contribution < 1.29 is 28.5 Å². The second-order valence-corrected chi connectivity index (χ2v) is 3.94. The van der Waals surface area contributed by atoms with Crippen molar-refractivity contribution in [2.75, 3.05) is 13.2 Å². The molecule has 0 fully saturated rings. The third kappa shape index (κ3) is 5.12. The van der Waals surface area contributed by atoms with Gasteiger partial charge in [-0.15, -0.1) is 0 Å². The standard InChI is InChI=1S/C11H12BrNO6/c1-3-16-10(14)18-8-5-7(12)6-13-9(8)19-11(15)17-4-2/h5-6H,3-4H2,1-2H3. The molecule has 1 rings (SSSR count). The number of pyridine rings is 1. The average molecular weight is 334 g/mol. The summed E-state index contributed by atoms with van der Waals surface area (Å²) in [6, 6.07) is 1.42. The maximum absolute atomic E-state index is 11.2. The SMILES string of the molecule is CCOC(=O)Oc1cc(Br)cnc1OC(=O)OCC. The molecule has 1 heterocycles. The van der Waals surface area contributed by atoms with Gasteiger partial charge < -0.3 is 18.9 Å². The molecule has 0 saturated carbocycles. The summed E-state index contributed by atoms with van der Waals surface area (Å²) in [4.78, 5) is 26.2. The van der Waals surface area contributed by atoms with Gasteiger partial charge in [-0.05, 0) is 29.8 Å². The van der Waals surface area contributed by atoms with Crippen LogP contribution in [0.5, 0.6) is 11.6 Å². The lowest BCUT2D eigenvalue weighted by atomic mass is 10.4. The van der Waals surface area contributed by atoms with Crippen LogP contribution >= 0.6 is 15.9 Å². The van der Waals surface area contributed by atoms with E-state index < -0.39 is 12.3 Å². The van der Waals surface area contributed by atoms with Gasteiger partial charge in [0.1, 0.15) is 0 Å². The third-order valence-corrected chi connectivity index (χ3v) is 2.12. The van der Waals surface area contributed by atoms with E-state index in [1.165, 1.54) is 12.3 Å². The number of aromatic nitrogens is 1. The van der Waals surface area contributed by atoms with Gasteiger partial charge in [0.25, 0.3) is 5.88 Å². The van der Waals surface area contributed by atoms with Gasteiger partial charge in [0.2, 0.25) is 0 Å². The fourth-order valence-corrected chi connectivity index (χ4v) is 1.33. The lowest BCUT2D eigenvalue weighted by Crippen LogP contribution is -2.14. The van der Waals surface area contributed by atoms with E-state index in [9.17, 15) is 9.59 Å². The summed E-state index contributed by atoms with van der Waals surface area (Å²) in [5.74, 6) is -0.240. The van der Waals surface area contributed by atoms with Crippen molar-refractivity contribution in [2.45, 2.75) is 13.8 Å². The van der Waals surface area contributed by atoms with E-state index in [1.807, 2.05) is 0 Å². The summed E-state index contributed by atoms with van der Waals surface area (Å²) in [5.41, 5.74) is 0. The van der Waals surface area contributed by atoms with Crippen molar-refractivity contribution in [3.05, 3.63) is 16.7 Å². The van der Waals surface area contributed by atoms with Gasteiger partial charge in [-0.3, -0.25) is 0 Å². The summed E-state index contributed by atoms with van der Waals surface area (Å²) < 4.78 is 19.4. The maximum atomic E-state index is 11.2. The highest BCUT2D eigenvalue weighted by atomic mass is 79.9. The predicted octanol–water partition coefficient (Wildman–Crippen LogP) is 2.91. The molecule has 0 amide bonds. The molecule has 0 saturated heterocycles. The Morgan fingerprint density at radius 2 is 1.74 bits per heavy atom. The van der Waals surface area contributed by atoms with Crippen LogP contribution in [0.25, 0.3) is 0 Å². The fourth-order valence-electron chi connectivity index (χ4n) is 1.02. The van der Waals surface area contributed by atoms with Crippen molar-refractivity contribution in [1.82, 2.24) is 4.98 Å². The first-order valence-corrected chi connectivity index (χ1v) is 6.20. The topological polar surface area (TPSA) is 84.0 Å². The molecule has 0 aliphatic rings. The molecule has 0 radical (unpaired) electrons. The summed E-state index contributed by atoms with van der Waals surface area (Å²) in [6.45, 7) is 3.58. The van der Waals surface area contributed by atoms with Crippen LogP contribution in [0.1, 0.15) is 13.8 Å². The minimum absolute atomic E-state index is 0.0547. The Morgan fingerprint density at radius 3 is 2.32 bits per heavy atom. The van der Waals surface area contributed by atoms with Crippen LogP contribution in [0, 0.1) is 0 Å². The number of halogens is 1. The van der Waals surface area contributed by atoms with Crippen LogP contribution in [0.15, 0.2) is 16.7 Å². The van der Waals surface area contributed by atoms with Crippen LogP contribution in [0.3, 0.4) is 0 Å². The van der Waals surface area contributed by atoms with Gasteiger partial charge in [-0.25, -0.2) is 14.6 Å². The van der Waals surface area contributed by atoms with Crippen LogP contribution in [0.4, 0.5) is 9.59 Å². The van der Waals surface area contributed by atoms with Gasteiger partial charge in [-0.1, -0.05) is 0 Å². The molecular formula is C11H12BrNO6. The summed E-state index contributed by atoms with van der Waals surface area (Å²) in [6.07, 6.45) is -0.478. The molecule has 0 N–H and O–H groups in total. The number of hydrogen-bond acceptors (Lipinski definition) is 7. The van der Waals surface area contributed by atoms with Gasteiger partial charge in [0.05, 0.1) is 13.2 Å². The summed E-state index contributed by atoms with van der Waals surface area (Å²) in [7, 11) is 0. The van der Waals surface area contributed by atoms with Crippen LogP contribution < -0.4 is 9.47 Å². The Hall–Kier alpha value is -1.83. The van der Waals surface area contributed by atoms with Crippen molar-refractivity contribution in [2.24, 2.45) is 0 Å². The first-order valence-electron chi connectivity index (χ1n) is 5.41. The Kier molecular flexibility index (Phi) is 6.07. The molecule has 7 nitrogen and oxygen atoms in total. The van der Waals surface area contributed by atoms with Crippen LogP contribution in [-0.4, -0.2) is 30.5 Å². The number of ether oxygens (including phenoxy) is 4. The Bertz CT molecular complexity index is 464. The van der Waals surface area contributed by atoms with Gasteiger partial charge in [0.15, 0.2) is 5.75 Å². The maximum Gasteiger partial charge on any atom is 0.515 e. The second-order valence-electron chi connectivity index (χ2n) is 3.03. The molecule has 0 aliphatic carbocycles. The van der Waals surface area contributed by atoms with Gasteiger partial charge in [0, 0.05) is 16.7 Å². The van der Waals surface area contributed by atoms with E-state index in [2.05, 4.69) is 30.4 Å². The normalized spacial score (nSPS) is 9.63. The summed E-state index contributed by atoms with van der Waals surface area (Å²) in [5, 5.41) is 0. The number of carbonyl (C=O) groups excluding carboxylic acids is 2. The molecule has 0 spiro atoms. The highest BCUT2D eigenvalue weighted by molar-refractivity contribution is 9.10. The molecule has 1 aromatic heterocycles. The zero-order valence-corrected chi connectivity index (χ0v) is 11.9. The van der Waals surface area contributed by atoms with E-state index in [-0.39, 0.29) is 24.8 Å². The third-order valence-electron chi connectivity index (χ3n) is 1.68. The highest BCUT2D eigenvalue weighted by Gasteiger charge is 2.17. The number of rotatable bonds is 4. The highest BCUT2D eigenvalue weighted by Crippen LogP contribution is 2.28. The van der Waals surface area contributed by atoms with E-state index in [1.54, 1.807) is 13.8 Å². The minimum Gasteiger partial charge on any atom is -0.434 e. The lowest BCUT2D eigenvalue weighted by Gasteiger charge is -2.09. The monoisotopic (exact) mass is 333 g/mol. The van der Waals surface area contributed by atoms with Crippen molar-refractivity contribution in [3.8, 4) is 11.6 Å². The predicted molar refractivity (Wildman–Crippen MR) is 67.2 cm³/mol. The smallest absolute Gasteiger partial charge is 0.434 e. The zero-order chi connectivity index (χ0) is 14.3. The largest absolute Gasteiger partial charge is 0.515 e. The first-order chi connectivity index (χ1) is 9.06. The molecule has 1 aromatic rings. The van der Waals surface area contributed by atoms with Crippen molar-refractivity contribution in [1.29, 1.82) is 0 Å². The minimum atomic E-state index is -0.939. The van der Waals surface area contributed by atoms with Crippen molar-refractivity contribution >= 4 is 28.2 Å². The molecular weight excluding hydrogens is 322 g/mol. The Balaban J connectivity index is 2.85.